The molecule has 0 unspecified atom stereocenters. The molecule has 0 radical (unpaired) electrons. The summed E-state index contributed by atoms with van der Waals surface area (Å²) >= 11 is 0. The van der Waals surface area contributed by atoms with E-state index in [1.54, 1.807) is 27.7 Å². The van der Waals surface area contributed by atoms with Gasteiger partial charge in [0, 0.05) is 7.11 Å². The lowest BCUT2D eigenvalue weighted by Crippen LogP contribution is -2.62. The van der Waals surface area contributed by atoms with Crippen LogP contribution in [0.3, 0.4) is 0 Å². The van der Waals surface area contributed by atoms with Crippen LogP contribution in [0.15, 0.2) is 117 Å². The lowest BCUT2D eigenvalue weighted by molar-refractivity contribution is -0.277. The van der Waals surface area contributed by atoms with Gasteiger partial charge in [-0.25, -0.2) is 0 Å². The predicted molar refractivity (Wildman–Crippen MR) is 190 cm³/mol. The normalized spacial score (nSPS) is 21.3. The maximum absolute atomic E-state index is 13.8. The van der Waals surface area contributed by atoms with Gasteiger partial charge in [-0.05, 0) is 76.2 Å². The summed E-state index contributed by atoms with van der Waals surface area (Å²) in [5.41, 5.74) is 2.90. The van der Waals surface area contributed by atoms with E-state index in [1.807, 2.05) is 0 Å². The van der Waals surface area contributed by atoms with Gasteiger partial charge in [-0.2, -0.15) is 33.7 Å². The summed E-state index contributed by atoms with van der Waals surface area (Å²) < 4.78 is 143. The molecule has 5 rings (SSSR count). The molecule has 4 aromatic carbocycles. The topological polar surface area (TPSA) is 192 Å². The van der Waals surface area contributed by atoms with Crippen molar-refractivity contribution in [3.8, 4) is 0 Å². The minimum atomic E-state index is -4.86. The van der Waals surface area contributed by atoms with Crippen LogP contribution in [-0.2, 0) is 66.7 Å². The second-order valence-electron chi connectivity index (χ2n) is 12.3. The van der Waals surface area contributed by atoms with Gasteiger partial charge < -0.3 is 9.47 Å². The number of rotatable bonds is 14. The van der Waals surface area contributed by atoms with E-state index >= 15 is 0 Å². The zero-order valence-corrected chi connectivity index (χ0v) is 32.4. The van der Waals surface area contributed by atoms with Crippen LogP contribution < -0.4 is 0 Å². The van der Waals surface area contributed by atoms with Gasteiger partial charge in [0.1, 0.15) is 18.3 Å². The highest BCUT2D eigenvalue weighted by atomic mass is 32.2. The Morgan fingerprint density at radius 1 is 0.453 bits per heavy atom. The largest absolute Gasteiger partial charge is 0.353 e. The average Bonchev–Trinajstić information content (AvgIpc) is 3.10. The zero-order chi connectivity index (χ0) is 38.8. The lowest BCUT2D eigenvalue weighted by Gasteiger charge is -2.43. The van der Waals surface area contributed by atoms with Crippen LogP contribution in [0.2, 0.25) is 0 Å². The molecule has 4 aromatic rings. The van der Waals surface area contributed by atoms with E-state index in [9.17, 15) is 33.7 Å². The first-order chi connectivity index (χ1) is 24.8. The summed E-state index contributed by atoms with van der Waals surface area (Å²) in [6.07, 6.45) is -9.98. The molecule has 0 bridgehead atoms. The Kier molecular flexibility index (Phi) is 12.3. The van der Waals surface area contributed by atoms with Crippen molar-refractivity contribution in [2.45, 2.75) is 78.0 Å². The molecule has 0 aromatic heterocycles. The molecule has 1 aliphatic rings. The van der Waals surface area contributed by atoms with Gasteiger partial charge in [-0.15, -0.1) is 0 Å². The first-order valence-electron chi connectivity index (χ1n) is 16.0. The first kappa shape index (κ1) is 40.6. The van der Waals surface area contributed by atoms with Gasteiger partial charge in [0.05, 0.1) is 26.2 Å². The lowest BCUT2D eigenvalue weighted by atomic mass is 9.99. The van der Waals surface area contributed by atoms with Crippen LogP contribution in [-0.4, -0.2) is 78.1 Å². The SMILES string of the molecule is CO[C@@H]1O[C@H](COS(=O)(=O)c2ccc(C)cc2)[C@@H](OS(=O)(=O)c2ccc(C)cc2)[C@H](OS(=O)(=O)c2ccc(C)cc2)[C@@H]1OS(=O)(=O)c1ccc(C)cc1. The first-order valence-corrected chi connectivity index (χ1v) is 21.6. The Hall–Kier alpha value is -3.56. The second-order valence-corrected chi connectivity index (χ2v) is 18.6. The van der Waals surface area contributed by atoms with Crippen LogP contribution in [0.5, 0.6) is 0 Å². The summed E-state index contributed by atoms with van der Waals surface area (Å²) in [6, 6.07) is 22.0. The molecular weight excluding hydrogens is 773 g/mol. The van der Waals surface area contributed by atoms with Gasteiger partial charge in [-0.1, -0.05) is 70.8 Å². The second kappa shape index (κ2) is 16.0. The average molecular weight is 811 g/mol. The van der Waals surface area contributed by atoms with E-state index in [0.29, 0.717) is 11.1 Å². The Morgan fingerprint density at radius 2 is 0.755 bits per heavy atom. The number of hydrogen-bond donors (Lipinski definition) is 0. The van der Waals surface area contributed by atoms with Gasteiger partial charge in [0.2, 0.25) is 0 Å². The molecule has 1 saturated heterocycles. The van der Waals surface area contributed by atoms with E-state index in [2.05, 4.69) is 0 Å². The molecule has 0 N–H and O–H groups in total. The predicted octanol–water partition coefficient (Wildman–Crippen LogP) is 4.32. The molecule has 14 nitrogen and oxygen atoms in total. The van der Waals surface area contributed by atoms with E-state index in [4.69, 9.17) is 26.2 Å². The molecule has 0 aliphatic carbocycles. The molecular formula is C35H38O14S4. The number of ether oxygens (including phenoxy) is 2. The van der Waals surface area contributed by atoms with Crippen LogP contribution in [0.4, 0.5) is 0 Å². The van der Waals surface area contributed by atoms with Gasteiger partial charge >= 0.3 is 0 Å². The highest BCUT2D eigenvalue weighted by molar-refractivity contribution is 7.87. The zero-order valence-electron chi connectivity index (χ0n) is 29.2. The fourth-order valence-electron chi connectivity index (χ4n) is 5.18. The van der Waals surface area contributed by atoms with E-state index in [-0.39, 0.29) is 19.6 Å². The fraction of sp³-hybridized carbons (Fsp3) is 0.314. The summed E-state index contributed by atoms with van der Waals surface area (Å²) in [4.78, 5) is -1.32. The number of hydrogen-bond acceptors (Lipinski definition) is 14. The highest BCUT2D eigenvalue weighted by Gasteiger charge is 2.54. The molecule has 5 atom stereocenters. The van der Waals surface area contributed by atoms with Gasteiger partial charge in [0.25, 0.3) is 40.5 Å². The molecule has 1 fully saturated rings. The summed E-state index contributed by atoms with van der Waals surface area (Å²) in [5, 5.41) is 0. The van der Waals surface area contributed by atoms with Crippen LogP contribution >= 0.6 is 0 Å². The van der Waals surface area contributed by atoms with E-state index in [1.165, 1.54) is 97.1 Å². The molecule has 53 heavy (non-hydrogen) atoms. The molecule has 1 aliphatic heterocycles. The van der Waals surface area contributed by atoms with E-state index < -0.39 is 77.8 Å². The molecule has 0 amide bonds. The maximum Gasteiger partial charge on any atom is 0.297 e. The van der Waals surface area contributed by atoms with Crippen LogP contribution in [0.25, 0.3) is 0 Å². The smallest absolute Gasteiger partial charge is 0.297 e. The highest BCUT2D eigenvalue weighted by Crippen LogP contribution is 2.35. The van der Waals surface area contributed by atoms with E-state index in [0.717, 1.165) is 18.2 Å². The Labute approximate surface area is 310 Å². The van der Waals surface area contributed by atoms with Crippen molar-refractivity contribution in [2.24, 2.45) is 0 Å². The minimum absolute atomic E-state index is 0.243. The maximum atomic E-state index is 13.8. The Balaban J connectivity index is 1.63. The van der Waals surface area contributed by atoms with Crippen molar-refractivity contribution in [2.75, 3.05) is 13.7 Å². The van der Waals surface area contributed by atoms with Gasteiger partial charge in [-0.3, -0.25) is 16.7 Å². The third-order valence-electron chi connectivity index (χ3n) is 8.16. The summed E-state index contributed by atoms with van der Waals surface area (Å²) in [6.45, 7) is 5.94. The van der Waals surface area contributed by atoms with Crippen molar-refractivity contribution >= 4 is 40.5 Å². The molecule has 286 valence electrons. The molecule has 0 saturated carbocycles. The van der Waals surface area contributed by atoms with Crippen molar-refractivity contribution in [3.05, 3.63) is 119 Å². The van der Waals surface area contributed by atoms with Crippen molar-refractivity contribution < 1.29 is 59.9 Å². The number of aryl methyl sites for hydroxylation is 4. The van der Waals surface area contributed by atoms with Crippen LogP contribution in [0.1, 0.15) is 22.3 Å². The number of benzene rings is 4. The quantitative estimate of drug-likeness (QED) is 0.164. The Bertz CT molecular complexity index is 2330. The van der Waals surface area contributed by atoms with Crippen molar-refractivity contribution in [3.63, 3.8) is 0 Å². The minimum Gasteiger partial charge on any atom is -0.353 e. The molecule has 1 heterocycles. The third-order valence-corrected chi connectivity index (χ3v) is 13.4. The van der Waals surface area contributed by atoms with Crippen molar-refractivity contribution in [1.29, 1.82) is 0 Å². The third kappa shape index (κ3) is 9.76. The Morgan fingerprint density at radius 3 is 1.09 bits per heavy atom. The van der Waals surface area contributed by atoms with Gasteiger partial charge in [0.15, 0.2) is 12.4 Å². The molecule has 0 spiro atoms. The summed E-state index contributed by atoms with van der Waals surface area (Å²) in [7, 11) is -17.9. The fourth-order valence-corrected chi connectivity index (χ4v) is 9.37. The number of methoxy groups -OCH3 is 1. The van der Waals surface area contributed by atoms with Crippen molar-refractivity contribution in [1.82, 2.24) is 0 Å². The van der Waals surface area contributed by atoms with Crippen LogP contribution in [0, 0.1) is 27.7 Å². The standard InChI is InChI=1S/C35H38O14S4/c1-23-6-14-27(15-7-23)50(36,37)45-22-31-32(47-51(38,39)28-16-8-24(2)9-17-28)33(48-52(40,41)29-18-10-25(3)11-19-29)34(35(44-5)46-31)49-53(42,43)30-20-12-26(4)13-21-30/h6-21,31-35H,22H2,1-5H3/t31-,32-,33+,34+,35-/m1/s1. The monoisotopic (exact) mass is 810 g/mol. The summed E-state index contributed by atoms with van der Waals surface area (Å²) in [5.74, 6) is 0. The molecule has 18 heteroatoms.